The summed E-state index contributed by atoms with van der Waals surface area (Å²) in [5, 5.41) is 2.66. The van der Waals surface area contributed by atoms with Crippen molar-refractivity contribution in [2.24, 2.45) is 5.92 Å². The second kappa shape index (κ2) is 6.72. The minimum Gasteiger partial charge on any atom is -0.325 e. The Kier molecular flexibility index (Phi) is 5.08. The number of hydrogen-bond acceptors (Lipinski definition) is 5. The summed E-state index contributed by atoms with van der Waals surface area (Å²) in [5.41, 5.74) is 0.572. The molecule has 130 valence electrons. The molecule has 0 radical (unpaired) electrons. The van der Waals surface area contributed by atoms with E-state index in [-0.39, 0.29) is 40.9 Å². The SMILES string of the molecule is CC(C)CC(=O)Nc1cccc2c1C(=O)N(CCS(C)(=O)=O)C2=O. The van der Waals surface area contributed by atoms with Gasteiger partial charge in [-0.2, -0.15) is 0 Å². The highest BCUT2D eigenvalue weighted by Crippen LogP contribution is 2.29. The standard InChI is InChI=1S/C16H20N2O5S/c1-10(2)9-13(19)17-12-6-4-5-11-14(12)16(21)18(15(11)20)7-8-24(3,22)23/h4-6,10H,7-9H2,1-3H3,(H,17,19). The van der Waals surface area contributed by atoms with Crippen LogP contribution in [0.15, 0.2) is 18.2 Å². The largest absolute Gasteiger partial charge is 0.325 e. The average Bonchev–Trinajstić information content (AvgIpc) is 2.68. The predicted octanol–water partition coefficient (Wildman–Crippen LogP) is 1.31. The van der Waals surface area contributed by atoms with Gasteiger partial charge in [-0.05, 0) is 18.1 Å². The van der Waals surface area contributed by atoms with E-state index in [0.717, 1.165) is 11.2 Å². The van der Waals surface area contributed by atoms with Crippen molar-refractivity contribution in [1.82, 2.24) is 4.90 Å². The number of nitrogens with one attached hydrogen (secondary N) is 1. The zero-order valence-electron chi connectivity index (χ0n) is 13.8. The van der Waals surface area contributed by atoms with Crippen LogP contribution in [-0.4, -0.2) is 49.6 Å². The lowest BCUT2D eigenvalue weighted by atomic mass is 10.1. The zero-order chi connectivity index (χ0) is 18.1. The van der Waals surface area contributed by atoms with Gasteiger partial charge in [-0.1, -0.05) is 19.9 Å². The summed E-state index contributed by atoms with van der Waals surface area (Å²) >= 11 is 0. The first kappa shape index (κ1) is 18.1. The summed E-state index contributed by atoms with van der Waals surface area (Å²) in [6, 6.07) is 4.63. The number of fused-ring (bicyclic) bond motifs is 1. The molecule has 0 unspecified atom stereocenters. The smallest absolute Gasteiger partial charge is 0.263 e. The van der Waals surface area contributed by atoms with Crippen molar-refractivity contribution in [3.8, 4) is 0 Å². The number of hydrogen-bond donors (Lipinski definition) is 1. The van der Waals surface area contributed by atoms with Crippen LogP contribution < -0.4 is 5.32 Å². The van der Waals surface area contributed by atoms with Crippen LogP contribution in [-0.2, 0) is 14.6 Å². The van der Waals surface area contributed by atoms with Crippen molar-refractivity contribution >= 4 is 33.2 Å². The third-order valence-corrected chi connectivity index (χ3v) is 4.48. The highest BCUT2D eigenvalue weighted by Gasteiger charge is 2.37. The Morgan fingerprint density at radius 1 is 1.21 bits per heavy atom. The van der Waals surface area contributed by atoms with Crippen molar-refractivity contribution < 1.29 is 22.8 Å². The van der Waals surface area contributed by atoms with Gasteiger partial charge in [0.15, 0.2) is 0 Å². The van der Waals surface area contributed by atoms with E-state index < -0.39 is 21.7 Å². The highest BCUT2D eigenvalue weighted by atomic mass is 32.2. The highest BCUT2D eigenvalue weighted by molar-refractivity contribution is 7.90. The molecular weight excluding hydrogens is 332 g/mol. The quantitative estimate of drug-likeness (QED) is 0.778. The van der Waals surface area contributed by atoms with Crippen molar-refractivity contribution in [3.05, 3.63) is 29.3 Å². The van der Waals surface area contributed by atoms with Gasteiger partial charge in [-0.25, -0.2) is 8.42 Å². The normalized spacial score (nSPS) is 14.2. The second-order valence-electron chi connectivity index (χ2n) is 6.27. The van der Waals surface area contributed by atoms with Crippen LogP contribution in [0.2, 0.25) is 0 Å². The molecule has 7 nitrogen and oxygen atoms in total. The van der Waals surface area contributed by atoms with Gasteiger partial charge in [0.05, 0.1) is 22.6 Å². The lowest BCUT2D eigenvalue weighted by Gasteiger charge is -2.13. The van der Waals surface area contributed by atoms with Crippen LogP contribution in [0.5, 0.6) is 0 Å². The predicted molar refractivity (Wildman–Crippen MR) is 89.6 cm³/mol. The molecule has 3 amide bonds. The van der Waals surface area contributed by atoms with Gasteiger partial charge in [0.1, 0.15) is 9.84 Å². The topological polar surface area (TPSA) is 101 Å². The molecule has 1 aliphatic rings. The number of sulfone groups is 1. The van der Waals surface area contributed by atoms with Crippen LogP contribution in [0.25, 0.3) is 0 Å². The molecule has 0 bridgehead atoms. The number of carbonyl (C=O) groups is 3. The number of rotatable bonds is 6. The summed E-state index contributed by atoms with van der Waals surface area (Å²) < 4.78 is 22.6. The van der Waals surface area contributed by atoms with E-state index in [0.29, 0.717) is 6.42 Å². The van der Waals surface area contributed by atoms with Crippen molar-refractivity contribution in [3.63, 3.8) is 0 Å². The van der Waals surface area contributed by atoms with Gasteiger partial charge in [0.2, 0.25) is 5.91 Å². The molecule has 0 aliphatic carbocycles. The number of amides is 3. The Balaban J connectivity index is 2.27. The monoisotopic (exact) mass is 352 g/mol. The Hall–Kier alpha value is -2.22. The third-order valence-electron chi connectivity index (χ3n) is 3.55. The van der Waals surface area contributed by atoms with Gasteiger partial charge in [0.25, 0.3) is 11.8 Å². The number of carbonyl (C=O) groups excluding carboxylic acids is 3. The Morgan fingerprint density at radius 2 is 1.88 bits per heavy atom. The van der Waals surface area contributed by atoms with E-state index in [4.69, 9.17) is 0 Å². The maximum absolute atomic E-state index is 12.5. The van der Waals surface area contributed by atoms with Gasteiger partial charge < -0.3 is 5.32 Å². The van der Waals surface area contributed by atoms with E-state index in [2.05, 4.69) is 5.32 Å². The van der Waals surface area contributed by atoms with E-state index >= 15 is 0 Å². The molecule has 1 aliphatic heterocycles. The Labute approximate surface area is 140 Å². The van der Waals surface area contributed by atoms with E-state index in [1.165, 1.54) is 6.07 Å². The lowest BCUT2D eigenvalue weighted by molar-refractivity contribution is -0.116. The summed E-state index contributed by atoms with van der Waals surface area (Å²) in [5.74, 6) is -1.51. The molecule has 1 aromatic rings. The number of benzene rings is 1. The molecule has 0 atom stereocenters. The van der Waals surface area contributed by atoms with Gasteiger partial charge in [-0.15, -0.1) is 0 Å². The molecule has 24 heavy (non-hydrogen) atoms. The molecule has 0 saturated heterocycles. The second-order valence-corrected chi connectivity index (χ2v) is 8.53. The Bertz CT molecular complexity index is 799. The first-order valence-electron chi connectivity index (χ1n) is 7.57. The number of imide groups is 1. The molecule has 1 aromatic carbocycles. The maximum Gasteiger partial charge on any atom is 0.263 e. The van der Waals surface area contributed by atoms with Crippen LogP contribution >= 0.6 is 0 Å². The zero-order valence-corrected chi connectivity index (χ0v) is 14.6. The molecule has 8 heteroatoms. The molecule has 0 aromatic heterocycles. The van der Waals surface area contributed by atoms with E-state index in [1.54, 1.807) is 12.1 Å². The van der Waals surface area contributed by atoms with E-state index in [9.17, 15) is 22.8 Å². The van der Waals surface area contributed by atoms with Crippen LogP contribution in [0.3, 0.4) is 0 Å². The van der Waals surface area contributed by atoms with Crippen molar-refractivity contribution in [1.29, 1.82) is 0 Å². The fraction of sp³-hybridized carbons (Fsp3) is 0.438. The molecule has 0 fully saturated rings. The molecule has 0 spiro atoms. The summed E-state index contributed by atoms with van der Waals surface area (Å²) in [6.45, 7) is 3.60. The van der Waals surface area contributed by atoms with Crippen molar-refractivity contribution in [2.45, 2.75) is 20.3 Å². The minimum atomic E-state index is -3.30. The van der Waals surface area contributed by atoms with E-state index in [1.807, 2.05) is 13.8 Å². The van der Waals surface area contributed by atoms with Crippen LogP contribution in [0.1, 0.15) is 41.0 Å². The van der Waals surface area contributed by atoms with Crippen LogP contribution in [0.4, 0.5) is 5.69 Å². The Morgan fingerprint density at radius 3 is 2.46 bits per heavy atom. The average molecular weight is 352 g/mol. The van der Waals surface area contributed by atoms with Gasteiger partial charge in [-0.3, -0.25) is 19.3 Å². The summed E-state index contributed by atoms with van der Waals surface area (Å²) in [7, 11) is -3.30. The lowest BCUT2D eigenvalue weighted by Crippen LogP contribution is -2.34. The summed E-state index contributed by atoms with van der Waals surface area (Å²) in [6.07, 6.45) is 1.34. The number of nitrogens with zero attached hydrogens (tertiary/aromatic N) is 1. The molecule has 2 rings (SSSR count). The molecule has 1 heterocycles. The first-order chi connectivity index (χ1) is 11.1. The molecule has 0 saturated carbocycles. The van der Waals surface area contributed by atoms with Crippen LogP contribution in [0, 0.1) is 5.92 Å². The number of anilines is 1. The fourth-order valence-electron chi connectivity index (χ4n) is 2.47. The molecule has 1 N–H and O–H groups in total. The third kappa shape index (κ3) is 4.00. The fourth-order valence-corrected chi connectivity index (χ4v) is 2.98. The summed E-state index contributed by atoms with van der Waals surface area (Å²) in [4.78, 5) is 37.7. The first-order valence-corrected chi connectivity index (χ1v) is 9.63. The van der Waals surface area contributed by atoms with Crippen molar-refractivity contribution in [2.75, 3.05) is 23.9 Å². The maximum atomic E-state index is 12.5. The minimum absolute atomic E-state index is 0.119. The molecular formula is C16H20N2O5S. The van der Waals surface area contributed by atoms with Gasteiger partial charge in [0, 0.05) is 19.2 Å². The van der Waals surface area contributed by atoms with Gasteiger partial charge >= 0.3 is 0 Å².